The minimum Gasteiger partial charge on any atom is -0.329 e. The standard InChI is InChI=1S/C16H27N3/c1-12-7-4-5-10-15(12)16(11-17)18-19-13(2)8-6-9-14(19)3/h4-5,7,10,13-14,16,18H,6,8-9,11,17H2,1-3H3. The largest absolute Gasteiger partial charge is 0.329 e. The van der Waals surface area contributed by atoms with Gasteiger partial charge in [-0.3, -0.25) is 0 Å². The van der Waals surface area contributed by atoms with Crippen LogP contribution in [0.25, 0.3) is 0 Å². The Morgan fingerprint density at radius 1 is 1.26 bits per heavy atom. The summed E-state index contributed by atoms with van der Waals surface area (Å²) in [5.41, 5.74) is 12.3. The van der Waals surface area contributed by atoms with Crippen LogP contribution in [0.15, 0.2) is 24.3 Å². The van der Waals surface area contributed by atoms with Gasteiger partial charge in [0.05, 0.1) is 6.04 Å². The van der Waals surface area contributed by atoms with Crippen LogP contribution in [0.3, 0.4) is 0 Å². The Balaban J connectivity index is 2.12. The molecule has 0 spiro atoms. The first-order valence-corrected chi connectivity index (χ1v) is 7.43. The highest BCUT2D eigenvalue weighted by molar-refractivity contribution is 5.28. The van der Waals surface area contributed by atoms with Gasteiger partial charge in [-0.15, -0.1) is 0 Å². The van der Waals surface area contributed by atoms with Gasteiger partial charge in [-0.05, 0) is 44.7 Å². The Hall–Kier alpha value is -0.900. The number of nitrogens with one attached hydrogen (secondary N) is 1. The van der Waals surface area contributed by atoms with Crippen molar-refractivity contribution in [2.45, 2.75) is 58.2 Å². The Kier molecular flexibility index (Phi) is 4.97. The van der Waals surface area contributed by atoms with Crippen LogP contribution in [0.4, 0.5) is 0 Å². The van der Waals surface area contributed by atoms with Crippen molar-refractivity contribution < 1.29 is 0 Å². The number of rotatable bonds is 4. The van der Waals surface area contributed by atoms with E-state index in [-0.39, 0.29) is 6.04 Å². The molecule has 1 aromatic carbocycles. The Morgan fingerprint density at radius 2 is 1.89 bits per heavy atom. The maximum Gasteiger partial charge on any atom is 0.0589 e. The van der Waals surface area contributed by atoms with Gasteiger partial charge in [-0.1, -0.05) is 30.7 Å². The predicted molar refractivity (Wildman–Crippen MR) is 80.7 cm³/mol. The van der Waals surface area contributed by atoms with E-state index < -0.39 is 0 Å². The molecule has 0 saturated carbocycles. The first-order chi connectivity index (χ1) is 9.13. The van der Waals surface area contributed by atoms with Gasteiger partial charge in [-0.25, -0.2) is 10.4 Å². The lowest BCUT2D eigenvalue weighted by Gasteiger charge is -2.41. The first kappa shape index (κ1) is 14.5. The molecule has 2 rings (SSSR count). The van der Waals surface area contributed by atoms with Gasteiger partial charge < -0.3 is 5.73 Å². The summed E-state index contributed by atoms with van der Waals surface area (Å²) in [5, 5.41) is 2.41. The predicted octanol–water partition coefficient (Wildman–Crippen LogP) is 2.76. The number of hydrazine groups is 1. The van der Waals surface area contributed by atoms with Gasteiger partial charge in [0.25, 0.3) is 0 Å². The van der Waals surface area contributed by atoms with Gasteiger partial charge >= 0.3 is 0 Å². The van der Waals surface area contributed by atoms with E-state index >= 15 is 0 Å². The highest BCUT2D eigenvalue weighted by Crippen LogP contribution is 2.24. The first-order valence-electron chi connectivity index (χ1n) is 7.43. The quantitative estimate of drug-likeness (QED) is 0.875. The van der Waals surface area contributed by atoms with Crippen LogP contribution in [0, 0.1) is 6.92 Å². The molecule has 1 heterocycles. The van der Waals surface area contributed by atoms with E-state index in [4.69, 9.17) is 5.73 Å². The number of benzene rings is 1. The minimum absolute atomic E-state index is 0.212. The van der Waals surface area contributed by atoms with Crippen LogP contribution in [-0.4, -0.2) is 23.6 Å². The second kappa shape index (κ2) is 6.51. The molecule has 1 aromatic rings. The summed E-state index contributed by atoms with van der Waals surface area (Å²) < 4.78 is 0. The summed E-state index contributed by atoms with van der Waals surface area (Å²) in [5.74, 6) is 0. The minimum atomic E-state index is 0.212. The van der Waals surface area contributed by atoms with Gasteiger partial charge in [0.15, 0.2) is 0 Å². The molecule has 3 nitrogen and oxygen atoms in total. The molecule has 1 saturated heterocycles. The van der Waals surface area contributed by atoms with Crippen LogP contribution in [0.1, 0.15) is 50.3 Å². The summed E-state index contributed by atoms with van der Waals surface area (Å²) in [6.07, 6.45) is 3.86. The van der Waals surface area contributed by atoms with Crippen LogP contribution in [0.5, 0.6) is 0 Å². The summed E-state index contributed by atoms with van der Waals surface area (Å²) in [6, 6.07) is 9.89. The van der Waals surface area contributed by atoms with Gasteiger partial charge in [0.1, 0.15) is 0 Å². The van der Waals surface area contributed by atoms with Crippen LogP contribution >= 0.6 is 0 Å². The molecule has 1 fully saturated rings. The normalized spacial score (nSPS) is 26.3. The number of nitrogens with two attached hydrogens (primary N) is 1. The summed E-state index contributed by atoms with van der Waals surface area (Å²) in [7, 11) is 0. The smallest absolute Gasteiger partial charge is 0.0589 e. The highest BCUT2D eigenvalue weighted by atomic mass is 15.5. The van der Waals surface area contributed by atoms with E-state index in [0.29, 0.717) is 18.6 Å². The topological polar surface area (TPSA) is 41.3 Å². The molecule has 3 unspecified atom stereocenters. The summed E-state index contributed by atoms with van der Waals surface area (Å²) >= 11 is 0. The molecule has 0 radical (unpaired) electrons. The maximum atomic E-state index is 5.99. The lowest BCUT2D eigenvalue weighted by molar-refractivity contribution is 0.0303. The fourth-order valence-electron chi connectivity index (χ4n) is 3.08. The van der Waals surface area contributed by atoms with Crippen molar-refractivity contribution in [3.05, 3.63) is 35.4 Å². The van der Waals surface area contributed by atoms with E-state index in [2.05, 4.69) is 55.5 Å². The third kappa shape index (κ3) is 3.35. The number of piperidine rings is 1. The molecule has 1 aliphatic rings. The van der Waals surface area contributed by atoms with Crippen LogP contribution in [-0.2, 0) is 0 Å². The Bertz CT molecular complexity index is 395. The molecule has 106 valence electrons. The molecule has 3 N–H and O–H groups in total. The molecule has 19 heavy (non-hydrogen) atoms. The molecule has 0 aromatic heterocycles. The second-order valence-corrected chi connectivity index (χ2v) is 5.81. The Morgan fingerprint density at radius 3 is 2.47 bits per heavy atom. The molecule has 1 aliphatic heterocycles. The fourth-order valence-corrected chi connectivity index (χ4v) is 3.08. The number of hydrogen-bond acceptors (Lipinski definition) is 3. The zero-order valence-corrected chi connectivity index (χ0v) is 12.4. The van der Waals surface area contributed by atoms with E-state index in [0.717, 1.165) is 0 Å². The molecular weight excluding hydrogens is 234 g/mol. The van der Waals surface area contributed by atoms with E-state index in [1.54, 1.807) is 0 Å². The zero-order valence-electron chi connectivity index (χ0n) is 12.4. The van der Waals surface area contributed by atoms with Crippen LogP contribution < -0.4 is 11.2 Å². The summed E-state index contributed by atoms with van der Waals surface area (Å²) in [4.78, 5) is 0. The van der Waals surface area contributed by atoms with E-state index in [9.17, 15) is 0 Å². The number of hydrogen-bond donors (Lipinski definition) is 2. The lowest BCUT2D eigenvalue weighted by atomic mass is 9.98. The van der Waals surface area contributed by atoms with Crippen molar-refractivity contribution in [1.29, 1.82) is 0 Å². The van der Waals surface area contributed by atoms with E-state index in [1.165, 1.54) is 30.4 Å². The van der Waals surface area contributed by atoms with Crippen molar-refractivity contribution in [3.63, 3.8) is 0 Å². The fraction of sp³-hybridized carbons (Fsp3) is 0.625. The highest BCUT2D eigenvalue weighted by Gasteiger charge is 2.27. The molecule has 0 aliphatic carbocycles. The third-order valence-corrected chi connectivity index (χ3v) is 4.30. The number of aryl methyl sites for hydroxylation is 1. The van der Waals surface area contributed by atoms with Crippen molar-refractivity contribution in [3.8, 4) is 0 Å². The maximum absolute atomic E-state index is 5.99. The molecular formula is C16H27N3. The van der Waals surface area contributed by atoms with Gasteiger partial charge in [0.2, 0.25) is 0 Å². The molecule has 0 bridgehead atoms. The number of nitrogens with zero attached hydrogens (tertiary/aromatic N) is 1. The van der Waals surface area contributed by atoms with Crippen molar-refractivity contribution in [2.24, 2.45) is 5.73 Å². The van der Waals surface area contributed by atoms with Gasteiger partial charge in [-0.2, -0.15) is 0 Å². The van der Waals surface area contributed by atoms with E-state index in [1.807, 2.05) is 0 Å². The monoisotopic (exact) mass is 261 g/mol. The average Bonchev–Trinajstić information content (AvgIpc) is 2.40. The Labute approximate surface area is 117 Å². The van der Waals surface area contributed by atoms with Crippen molar-refractivity contribution in [1.82, 2.24) is 10.4 Å². The second-order valence-electron chi connectivity index (χ2n) is 5.81. The molecule has 3 atom stereocenters. The van der Waals surface area contributed by atoms with Crippen molar-refractivity contribution in [2.75, 3.05) is 6.54 Å². The average molecular weight is 261 g/mol. The molecule has 3 heteroatoms. The third-order valence-electron chi connectivity index (χ3n) is 4.30. The molecule has 0 amide bonds. The SMILES string of the molecule is Cc1ccccc1C(CN)NN1C(C)CCCC1C. The zero-order chi connectivity index (χ0) is 13.8. The van der Waals surface area contributed by atoms with Crippen molar-refractivity contribution >= 4 is 0 Å². The summed E-state index contributed by atoms with van der Waals surface area (Å²) in [6.45, 7) is 7.38. The lowest BCUT2D eigenvalue weighted by Crippen LogP contribution is -2.54. The van der Waals surface area contributed by atoms with Crippen LogP contribution in [0.2, 0.25) is 0 Å². The van der Waals surface area contributed by atoms with Gasteiger partial charge in [0, 0.05) is 18.6 Å².